The summed E-state index contributed by atoms with van der Waals surface area (Å²) in [5, 5.41) is 0.491. The molecule has 0 aromatic heterocycles. The number of esters is 1. The van der Waals surface area contributed by atoms with Gasteiger partial charge in [-0.2, -0.15) is 0 Å². The molecule has 2 N–H and O–H groups in total. The molecule has 0 unspecified atom stereocenters. The number of benzene rings is 2. The second-order valence-corrected chi connectivity index (χ2v) is 7.07. The third-order valence-electron chi connectivity index (χ3n) is 4.01. The van der Waals surface area contributed by atoms with E-state index in [2.05, 4.69) is 24.7 Å². The lowest BCUT2D eigenvalue weighted by atomic mass is 9.98. The van der Waals surface area contributed by atoms with Gasteiger partial charge in [0, 0.05) is 10.6 Å². The lowest BCUT2D eigenvalue weighted by molar-refractivity contribution is -0.150. The molecule has 2 aromatic rings. The van der Waals surface area contributed by atoms with Gasteiger partial charge in [-0.15, -0.1) is 0 Å². The van der Waals surface area contributed by atoms with E-state index in [0.717, 1.165) is 5.56 Å². The number of halogens is 1. The Morgan fingerprint density at radius 2 is 1.69 bits per heavy atom. The van der Waals surface area contributed by atoms with E-state index in [1.807, 2.05) is 19.1 Å². The molecule has 8 heteroatoms. The Morgan fingerprint density at radius 3 is 2.31 bits per heavy atom. The van der Waals surface area contributed by atoms with E-state index in [0.29, 0.717) is 22.3 Å². The van der Waals surface area contributed by atoms with Crippen LogP contribution in [-0.4, -0.2) is 31.0 Å². The van der Waals surface area contributed by atoms with Crippen molar-refractivity contribution in [3.8, 4) is 5.75 Å². The van der Waals surface area contributed by atoms with Gasteiger partial charge in [0.15, 0.2) is 13.2 Å². The fourth-order valence-corrected chi connectivity index (χ4v) is 2.68. The van der Waals surface area contributed by atoms with Gasteiger partial charge in [0.2, 0.25) is 0 Å². The van der Waals surface area contributed by atoms with Crippen LogP contribution in [0.2, 0.25) is 5.02 Å². The average Bonchev–Trinajstić information content (AvgIpc) is 2.69. The van der Waals surface area contributed by atoms with Crippen LogP contribution < -0.4 is 15.6 Å². The number of carbonyl (C=O) groups is 3. The predicted molar refractivity (Wildman–Crippen MR) is 109 cm³/mol. The molecule has 2 rings (SSSR count). The summed E-state index contributed by atoms with van der Waals surface area (Å²) in [6.45, 7) is 5.30. The molecule has 7 nitrogen and oxygen atoms in total. The van der Waals surface area contributed by atoms with Gasteiger partial charge in [-0.25, -0.2) is 4.79 Å². The number of rotatable bonds is 7. The van der Waals surface area contributed by atoms with Crippen LogP contribution in [0.1, 0.15) is 41.3 Å². The third-order valence-corrected chi connectivity index (χ3v) is 4.26. The van der Waals surface area contributed by atoms with E-state index in [-0.39, 0.29) is 6.61 Å². The van der Waals surface area contributed by atoms with E-state index in [9.17, 15) is 14.4 Å². The Kier molecular flexibility index (Phi) is 8.03. The van der Waals surface area contributed by atoms with Gasteiger partial charge < -0.3 is 9.47 Å². The van der Waals surface area contributed by atoms with Crippen molar-refractivity contribution in [1.29, 1.82) is 0 Å². The molecule has 29 heavy (non-hydrogen) atoms. The van der Waals surface area contributed by atoms with Gasteiger partial charge in [-0.05, 0) is 60.4 Å². The number of aryl methyl sites for hydroxylation is 1. The zero-order chi connectivity index (χ0) is 21.4. The first-order valence-electron chi connectivity index (χ1n) is 9.00. The molecule has 2 aromatic carbocycles. The molecule has 0 aliphatic heterocycles. The van der Waals surface area contributed by atoms with Crippen molar-refractivity contribution >= 4 is 29.4 Å². The fourth-order valence-electron chi connectivity index (χ4n) is 2.55. The van der Waals surface area contributed by atoms with E-state index >= 15 is 0 Å². The van der Waals surface area contributed by atoms with Crippen molar-refractivity contribution < 1.29 is 23.9 Å². The summed E-state index contributed by atoms with van der Waals surface area (Å²) in [6.07, 6.45) is 0. The maximum atomic E-state index is 11.9. The van der Waals surface area contributed by atoms with Crippen molar-refractivity contribution in [2.75, 3.05) is 13.2 Å². The maximum Gasteiger partial charge on any atom is 0.344 e. The minimum Gasteiger partial charge on any atom is -0.482 e. The molecule has 0 bridgehead atoms. The van der Waals surface area contributed by atoms with Gasteiger partial charge in [-0.3, -0.25) is 20.4 Å². The molecule has 2 amide bonds. The van der Waals surface area contributed by atoms with Gasteiger partial charge >= 0.3 is 5.97 Å². The highest BCUT2D eigenvalue weighted by Gasteiger charge is 2.11. The summed E-state index contributed by atoms with van der Waals surface area (Å²) >= 11 is 5.75. The molecular weight excluding hydrogens is 396 g/mol. The molecule has 0 atom stereocenters. The van der Waals surface area contributed by atoms with Crippen LogP contribution in [-0.2, 0) is 14.3 Å². The predicted octanol–water partition coefficient (Wildman–Crippen LogP) is 3.16. The third kappa shape index (κ3) is 7.12. The molecule has 154 valence electrons. The smallest absolute Gasteiger partial charge is 0.344 e. The van der Waals surface area contributed by atoms with Crippen molar-refractivity contribution in [2.24, 2.45) is 0 Å². The van der Waals surface area contributed by atoms with Crippen LogP contribution in [0.5, 0.6) is 5.75 Å². The van der Waals surface area contributed by atoms with Crippen LogP contribution >= 0.6 is 11.6 Å². The quantitative estimate of drug-likeness (QED) is 0.532. The topological polar surface area (TPSA) is 93.7 Å². The van der Waals surface area contributed by atoms with Gasteiger partial charge in [0.25, 0.3) is 11.8 Å². The van der Waals surface area contributed by atoms with Gasteiger partial charge in [0.05, 0.1) is 0 Å². The van der Waals surface area contributed by atoms with E-state index in [1.165, 1.54) is 17.7 Å². The SMILES string of the molecule is Cc1cc(OCC(=O)OCC(=O)NNC(=O)c2ccc(Cl)cc2)ccc1C(C)C. The van der Waals surface area contributed by atoms with Crippen LogP contribution in [0.25, 0.3) is 0 Å². The highest BCUT2D eigenvalue weighted by atomic mass is 35.5. The minimum absolute atomic E-state index is 0.318. The zero-order valence-corrected chi connectivity index (χ0v) is 17.2. The Hall–Kier alpha value is -3.06. The minimum atomic E-state index is -0.699. The zero-order valence-electron chi connectivity index (χ0n) is 16.5. The normalized spacial score (nSPS) is 10.4. The highest BCUT2D eigenvalue weighted by molar-refractivity contribution is 6.30. The molecule has 0 heterocycles. The second kappa shape index (κ2) is 10.5. The number of nitrogens with one attached hydrogen (secondary N) is 2. The van der Waals surface area contributed by atoms with Crippen LogP contribution in [0.15, 0.2) is 42.5 Å². The van der Waals surface area contributed by atoms with Crippen LogP contribution in [0.3, 0.4) is 0 Å². The molecular formula is C21H23ClN2O5. The van der Waals surface area contributed by atoms with E-state index in [4.69, 9.17) is 21.1 Å². The first-order chi connectivity index (χ1) is 13.8. The second-order valence-electron chi connectivity index (χ2n) is 6.63. The van der Waals surface area contributed by atoms with Gasteiger partial charge in [-0.1, -0.05) is 31.5 Å². The standard InChI is InChI=1S/C21H23ClN2O5/c1-13(2)18-9-8-17(10-14(18)3)28-12-20(26)29-11-19(25)23-24-21(27)15-4-6-16(22)7-5-15/h4-10,13H,11-12H2,1-3H3,(H,23,25)(H,24,27). The Bertz CT molecular complexity index is 881. The van der Waals surface area contributed by atoms with E-state index < -0.39 is 24.4 Å². The van der Waals surface area contributed by atoms with Crippen molar-refractivity contribution in [1.82, 2.24) is 10.9 Å². The number of hydrazine groups is 1. The molecule has 0 aliphatic rings. The first-order valence-corrected chi connectivity index (χ1v) is 9.37. The van der Waals surface area contributed by atoms with Crippen molar-refractivity contribution in [2.45, 2.75) is 26.7 Å². The lowest BCUT2D eigenvalue weighted by Crippen LogP contribution is -2.43. The average molecular weight is 419 g/mol. The van der Waals surface area contributed by atoms with Crippen molar-refractivity contribution in [3.05, 3.63) is 64.2 Å². The number of hydrogen-bond donors (Lipinski definition) is 2. The Morgan fingerprint density at radius 1 is 1.00 bits per heavy atom. The molecule has 0 saturated heterocycles. The van der Waals surface area contributed by atoms with Crippen LogP contribution in [0.4, 0.5) is 0 Å². The largest absolute Gasteiger partial charge is 0.482 e. The summed E-state index contributed by atoms with van der Waals surface area (Å²) < 4.78 is 10.2. The summed E-state index contributed by atoms with van der Waals surface area (Å²) in [5.74, 6) is -0.964. The summed E-state index contributed by atoms with van der Waals surface area (Å²) in [5.41, 5.74) is 6.97. The number of carbonyl (C=O) groups excluding carboxylic acids is 3. The number of hydrogen-bond acceptors (Lipinski definition) is 5. The highest BCUT2D eigenvalue weighted by Crippen LogP contribution is 2.23. The molecule has 0 spiro atoms. The Balaban J connectivity index is 1.70. The monoisotopic (exact) mass is 418 g/mol. The van der Waals surface area contributed by atoms with E-state index in [1.54, 1.807) is 18.2 Å². The summed E-state index contributed by atoms with van der Waals surface area (Å²) in [7, 11) is 0. The lowest BCUT2D eigenvalue weighted by Gasteiger charge is -2.12. The maximum absolute atomic E-state index is 11.9. The number of amides is 2. The molecule has 0 radical (unpaired) electrons. The number of ether oxygens (including phenoxy) is 2. The summed E-state index contributed by atoms with van der Waals surface area (Å²) in [6, 6.07) is 11.7. The molecule has 0 aliphatic carbocycles. The van der Waals surface area contributed by atoms with Gasteiger partial charge in [0.1, 0.15) is 5.75 Å². The first kappa shape index (κ1) is 22.2. The summed E-state index contributed by atoms with van der Waals surface area (Å²) in [4.78, 5) is 35.3. The molecule has 0 fully saturated rings. The molecule has 0 saturated carbocycles. The Labute approximate surface area is 174 Å². The van der Waals surface area contributed by atoms with Crippen LogP contribution in [0, 0.1) is 6.92 Å². The van der Waals surface area contributed by atoms with Crippen molar-refractivity contribution in [3.63, 3.8) is 0 Å². The fraction of sp³-hybridized carbons (Fsp3) is 0.286.